The van der Waals surface area contributed by atoms with E-state index in [1.165, 1.54) is 4.90 Å². The van der Waals surface area contributed by atoms with Crippen molar-refractivity contribution in [2.75, 3.05) is 14.1 Å². The van der Waals surface area contributed by atoms with Crippen LogP contribution < -0.4 is 10.9 Å². The first-order valence-electron chi connectivity index (χ1n) is 3.34. The highest BCUT2D eigenvalue weighted by Gasteiger charge is 2.02. The molecule has 0 aromatic heterocycles. The van der Waals surface area contributed by atoms with Crippen LogP contribution in [0, 0.1) is 0 Å². The Kier molecular flexibility index (Phi) is 4.02. The van der Waals surface area contributed by atoms with Gasteiger partial charge in [0.15, 0.2) is 0 Å². The van der Waals surface area contributed by atoms with E-state index in [9.17, 15) is 9.59 Å². The van der Waals surface area contributed by atoms with Crippen LogP contribution in [0.2, 0.25) is 0 Å². The van der Waals surface area contributed by atoms with Gasteiger partial charge in [-0.3, -0.25) is 10.2 Å². The van der Waals surface area contributed by atoms with Crippen molar-refractivity contribution in [2.24, 2.45) is 0 Å². The molecule has 0 aliphatic carbocycles. The molecule has 0 saturated carbocycles. The van der Waals surface area contributed by atoms with E-state index >= 15 is 0 Å². The number of hydrazine groups is 1. The summed E-state index contributed by atoms with van der Waals surface area (Å²) in [5.74, 6) is -0.208. The number of hydrogen-bond acceptors (Lipinski definition) is 2. The molecule has 64 valence electrons. The Morgan fingerprint density at radius 1 is 1.27 bits per heavy atom. The lowest BCUT2D eigenvalue weighted by Crippen LogP contribution is -2.46. The molecule has 3 amide bonds. The van der Waals surface area contributed by atoms with E-state index in [1.54, 1.807) is 21.0 Å². The van der Waals surface area contributed by atoms with E-state index in [0.717, 1.165) is 0 Å². The van der Waals surface area contributed by atoms with Crippen LogP contribution in [0.4, 0.5) is 4.79 Å². The highest BCUT2D eigenvalue weighted by Crippen LogP contribution is 1.75. The second-order valence-corrected chi connectivity index (χ2v) is 2.23. The van der Waals surface area contributed by atoms with Crippen LogP contribution in [-0.4, -0.2) is 30.9 Å². The van der Waals surface area contributed by atoms with Gasteiger partial charge in [0.1, 0.15) is 0 Å². The van der Waals surface area contributed by atoms with Gasteiger partial charge in [-0.25, -0.2) is 10.2 Å². The second kappa shape index (κ2) is 4.54. The standard InChI is InChI=1S/C6H13N3O2/c1-4-5(10)7-8-6(11)9(2)3/h4H2,1-3H3,(H,7,10)(H,8,11). The van der Waals surface area contributed by atoms with Gasteiger partial charge >= 0.3 is 6.03 Å². The molecule has 0 rings (SSSR count). The Morgan fingerprint density at radius 3 is 2.18 bits per heavy atom. The summed E-state index contributed by atoms with van der Waals surface area (Å²) < 4.78 is 0. The minimum Gasteiger partial charge on any atom is -0.330 e. The van der Waals surface area contributed by atoms with E-state index in [0.29, 0.717) is 6.42 Å². The maximum atomic E-state index is 10.8. The van der Waals surface area contributed by atoms with E-state index in [2.05, 4.69) is 10.9 Å². The summed E-state index contributed by atoms with van der Waals surface area (Å²) in [6.45, 7) is 1.71. The smallest absolute Gasteiger partial charge is 0.330 e. The predicted octanol–water partition coefficient (Wildman–Crippen LogP) is -0.301. The number of amides is 3. The highest BCUT2D eigenvalue weighted by atomic mass is 16.2. The summed E-state index contributed by atoms with van der Waals surface area (Å²) in [7, 11) is 3.18. The molecule has 0 bridgehead atoms. The first kappa shape index (κ1) is 9.74. The van der Waals surface area contributed by atoms with Crippen molar-refractivity contribution in [3.05, 3.63) is 0 Å². The molecule has 5 nitrogen and oxygen atoms in total. The van der Waals surface area contributed by atoms with Crippen LogP contribution in [0.5, 0.6) is 0 Å². The molecule has 0 aliphatic heterocycles. The van der Waals surface area contributed by atoms with E-state index < -0.39 is 0 Å². The average molecular weight is 159 g/mol. The van der Waals surface area contributed by atoms with Crippen molar-refractivity contribution in [3.8, 4) is 0 Å². The molecule has 0 saturated heterocycles. The Labute approximate surface area is 65.7 Å². The van der Waals surface area contributed by atoms with Gasteiger partial charge in [-0.2, -0.15) is 0 Å². The lowest BCUT2D eigenvalue weighted by molar-refractivity contribution is -0.121. The Bertz CT molecular complexity index is 156. The first-order valence-corrected chi connectivity index (χ1v) is 3.34. The van der Waals surface area contributed by atoms with Gasteiger partial charge in [-0.15, -0.1) is 0 Å². The van der Waals surface area contributed by atoms with Crippen molar-refractivity contribution in [1.29, 1.82) is 0 Å². The van der Waals surface area contributed by atoms with Crippen LogP contribution >= 0.6 is 0 Å². The van der Waals surface area contributed by atoms with Gasteiger partial charge in [0.2, 0.25) is 5.91 Å². The van der Waals surface area contributed by atoms with Crippen LogP contribution in [-0.2, 0) is 4.79 Å². The fourth-order valence-corrected chi connectivity index (χ4v) is 0.323. The molecule has 0 heterocycles. The Hall–Kier alpha value is -1.26. The minimum atomic E-state index is -0.341. The quantitative estimate of drug-likeness (QED) is 0.516. The van der Waals surface area contributed by atoms with Gasteiger partial charge < -0.3 is 4.90 Å². The summed E-state index contributed by atoms with van der Waals surface area (Å²) in [6, 6.07) is -0.341. The zero-order valence-electron chi connectivity index (χ0n) is 6.97. The molecule has 0 aromatic rings. The second-order valence-electron chi connectivity index (χ2n) is 2.23. The van der Waals surface area contributed by atoms with Crippen LogP contribution in [0.1, 0.15) is 13.3 Å². The molecule has 0 aromatic carbocycles. The molecule has 0 radical (unpaired) electrons. The monoisotopic (exact) mass is 159 g/mol. The molecule has 2 N–H and O–H groups in total. The normalized spacial score (nSPS) is 8.64. The van der Waals surface area contributed by atoms with E-state index in [-0.39, 0.29) is 11.9 Å². The summed E-state index contributed by atoms with van der Waals surface area (Å²) in [4.78, 5) is 22.7. The van der Waals surface area contributed by atoms with E-state index in [1.807, 2.05) is 0 Å². The van der Waals surface area contributed by atoms with Crippen LogP contribution in [0.25, 0.3) is 0 Å². The zero-order valence-corrected chi connectivity index (χ0v) is 6.97. The fraction of sp³-hybridized carbons (Fsp3) is 0.667. The van der Waals surface area contributed by atoms with Gasteiger partial charge in [-0.05, 0) is 0 Å². The number of hydrogen-bond donors (Lipinski definition) is 2. The Balaban J connectivity index is 3.54. The van der Waals surface area contributed by atoms with Crippen LogP contribution in [0.15, 0.2) is 0 Å². The maximum Gasteiger partial charge on any atom is 0.335 e. The van der Waals surface area contributed by atoms with Crippen molar-refractivity contribution in [1.82, 2.24) is 15.8 Å². The molecule has 5 heteroatoms. The predicted molar refractivity (Wildman–Crippen MR) is 40.7 cm³/mol. The van der Waals surface area contributed by atoms with Crippen molar-refractivity contribution in [2.45, 2.75) is 13.3 Å². The molecular weight excluding hydrogens is 146 g/mol. The van der Waals surface area contributed by atoms with Crippen LogP contribution in [0.3, 0.4) is 0 Å². The molecule has 0 fully saturated rings. The van der Waals surface area contributed by atoms with Gasteiger partial charge in [-0.1, -0.05) is 6.92 Å². The third-order valence-corrected chi connectivity index (χ3v) is 1.04. The van der Waals surface area contributed by atoms with Gasteiger partial charge in [0.25, 0.3) is 0 Å². The van der Waals surface area contributed by atoms with Crippen molar-refractivity contribution in [3.63, 3.8) is 0 Å². The van der Waals surface area contributed by atoms with Crippen molar-refractivity contribution < 1.29 is 9.59 Å². The summed E-state index contributed by atoms with van der Waals surface area (Å²) in [5.41, 5.74) is 4.45. The number of nitrogens with one attached hydrogen (secondary N) is 2. The summed E-state index contributed by atoms with van der Waals surface area (Å²) >= 11 is 0. The molecule has 0 spiro atoms. The Morgan fingerprint density at radius 2 is 1.82 bits per heavy atom. The lowest BCUT2D eigenvalue weighted by Gasteiger charge is -2.11. The maximum absolute atomic E-state index is 10.8. The fourth-order valence-electron chi connectivity index (χ4n) is 0.323. The number of carbonyl (C=O) groups is 2. The van der Waals surface area contributed by atoms with E-state index in [4.69, 9.17) is 0 Å². The number of carbonyl (C=O) groups excluding carboxylic acids is 2. The third-order valence-electron chi connectivity index (χ3n) is 1.04. The highest BCUT2D eigenvalue weighted by molar-refractivity contribution is 5.80. The molecule has 0 aliphatic rings. The third kappa shape index (κ3) is 4.19. The lowest BCUT2D eigenvalue weighted by atomic mass is 10.5. The van der Waals surface area contributed by atoms with Gasteiger partial charge in [0.05, 0.1) is 0 Å². The minimum absolute atomic E-state index is 0.208. The number of rotatable bonds is 1. The molecule has 11 heavy (non-hydrogen) atoms. The number of nitrogens with zero attached hydrogens (tertiary/aromatic N) is 1. The largest absolute Gasteiger partial charge is 0.335 e. The topological polar surface area (TPSA) is 61.4 Å². The zero-order chi connectivity index (χ0) is 8.85. The summed E-state index contributed by atoms with van der Waals surface area (Å²) in [6.07, 6.45) is 0.355. The van der Waals surface area contributed by atoms with Crippen molar-refractivity contribution >= 4 is 11.9 Å². The molecule has 0 atom stereocenters. The summed E-state index contributed by atoms with van der Waals surface area (Å²) in [5, 5.41) is 0. The average Bonchev–Trinajstić information content (AvgIpc) is 1.99. The SMILES string of the molecule is CCC(=O)NNC(=O)N(C)C. The molecular formula is C6H13N3O2. The van der Waals surface area contributed by atoms with Gasteiger partial charge in [0, 0.05) is 20.5 Å². The molecule has 0 unspecified atom stereocenters. The number of urea groups is 1. The first-order chi connectivity index (χ1) is 5.07.